The summed E-state index contributed by atoms with van der Waals surface area (Å²) in [6, 6.07) is 7.49. The first-order valence-electron chi connectivity index (χ1n) is 7.27. The molecule has 0 spiro atoms. The average molecular weight is 278 g/mol. The summed E-state index contributed by atoms with van der Waals surface area (Å²) in [5.41, 5.74) is 1.71. The van der Waals surface area contributed by atoms with Crippen LogP contribution in [0.4, 0.5) is 5.69 Å². The van der Waals surface area contributed by atoms with Gasteiger partial charge in [-0.1, -0.05) is 20.3 Å². The molecule has 2 atom stereocenters. The molecule has 0 fully saturated rings. The first-order chi connectivity index (χ1) is 9.49. The van der Waals surface area contributed by atoms with E-state index in [-0.39, 0.29) is 11.8 Å². The van der Waals surface area contributed by atoms with Crippen LogP contribution >= 0.6 is 0 Å². The molecule has 0 bridgehead atoms. The molecular weight excluding hydrogens is 252 g/mol. The van der Waals surface area contributed by atoms with Crippen molar-refractivity contribution >= 4 is 11.6 Å². The molecule has 2 N–H and O–H groups in total. The lowest BCUT2D eigenvalue weighted by atomic mass is 10.0. The minimum atomic E-state index is -0.491. The van der Waals surface area contributed by atoms with E-state index in [2.05, 4.69) is 17.1 Å². The first-order valence-corrected chi connectivity index (χ1v) is 7.27. The maximum atomic E-state index is 12.0. The number of hydrogen-bond acceptors (Lipinski definition) is 3. The maximum Gasteiger partial charge on any atom is 0.251 e. The molecule has 2 unspecified atom stereocenters. The molecule has 1 aromatic rings. The maximum absolute atomic E-state index is 12.0. The summed E-state index contributed by atoms with van der Waals surface area (Å²) >= 11 is 0. The van der Waals surface area contributed by atoms with E-state index in [0.717, 1.165) is 18.7 Å². The standard InChI is InChI=1S/C16H26N2O2/c1-5-12(3)15(19)11-17-16(20)13-7-9-14(10-8-13)18(4)6-2/h7-10,12,15,19H,5-6,11H2,1-4H3,(H,17,20). The number of nitrogens with zero attached hydrogens (tertiary/aromatic N) is 1. The second-order valence-corrected chi connectivity index (χ2v) is 5.22. The highest BCUT2D eigenvalue weighted by molar-refractivity contribution is 5.94. The van der Waals surface area contributed by atoms with Crippen LogP contribution in [0, 0.1) is 5.92 Å². The molecule has 0 saturated carbocycles. The van der Waals surface area contributed by atoms with Crippen molar-refractivity contribution in [3.05, 3.63) is 29.8 Å². The summed E-state index contributed by atoms with van der Waals surface area (Å²) in [5, 5.41) is 12.6. The van der Waals surface area contributed by atoms with Crippen molar-refractivity contribution in [2.45, 2.75) is 33.3 Å². The third-order valence-corrected chi connectivity index (χ3v) is 3.82. The SMILES string of the molecule is CCC(C)C(O)CNC(=O)c1ccc(N(C)CC)cc1. The number of carbonyl (C=O) groups excluding carboxylic acids is 1. The molecule has 0 heterocycles. The van der Waals surface area contributed by atoms with Gasteiger partial charge in [-0.3, -0.25) is 4.79 Å². The van der Waals surface area contributed by atoms with Crippen LogP contribution in [0.1, 0.15) is 37.6 Å². The molecule has 0 saturated heterocycles. The fraction of sp³-hybridized carbons (Fsp3) is 0.562. The summed E-state index contributed by atoms with van der Waals surface area (Å²) in [7, 11) is 2.01. The molecule has 1 aromatic carbocycles. The fourth-order valence-corrected chi connectivity index (χ4v) is 1.82. The summed E-state index contributed by atoms with van der Waals surface area (Å²) < 4.78 is 0. The van der Waals surface area contributed by atoms with Crippen LogP contribution in [0.25, 0.3) is 0 Å². The number of carbonyl (C=O) groups is 1. The number of benzene rings is 1. The number of nitrogens with one attached hydrogen (secondary N) is 1. The number of rotatable bonds is 7. The smallest absolute Gasteiger partial charge is 0.251 e. The Kier molecular flexibility index (Phi) is 6.52. The van der Waals surface area contributed by atoms with Crippen LogP contribution in [0.15, 0.2) is 24.3 Å². The number of aliphatic hydroxyl groups is 1. The van der Waals surface area contributed by atoms with Crippen LogP contribution in [-0.2, 0) is 0 Å². The Bertz CT molecular complexity index is 417. The second kappa shape index (κ2) is 7.90. The highest BCUT2D eigenvalue weighted by Gasteiger charge is 2.14. The summed E-state index contributed by atoms with van der Waals surface area (Å²) in [6.45, 7) is 7.30. The molecule has 0 aliphatic heterocycles. The van der Waals surface area contributed by atoms with Crippen molar-refractivity contribution < 1.29 is 9.90 Å². The van der Waals surface area contributed by atoms with E-state index in [1.165, 1.54) is 0 Å². The van der Waals surface area contributed by atoms with Gasteiger partial charge in [0.1, 0.15) is 0 Å². The Balaban J connectivity index is 2.56. The van der Waals surface area contributed by atoms with Gasteiger partial charge in [-0.25, -0.2) is 0 Å². The minimum absolute atomic E-state index is 0.141. The molecular formula is C16H26N2O2. The lowest BCUT2D eigenvalue weighted by Gasteiger charge is -2.18. The Morgan fingerprint density at radius 2 is 1.90 bits per heavy atom. The quantitative estimate of drug-likeness (QED) is 0.804. The fourth-order valence-electron chi connectivity index (χ4n) is 1.82. The summed E-state index contributed by atoms with van der Waals surface area (Å²) in [6.07, 6.45) is 0.407. The molecule has 1 rings (SSSR count). The Morgan fingerprint density at radius 3 is 2.40 bits per heavy atom. The van der Waals surface area contributed by atoms with E-state index in [1.807, 2.05) is 45.2 Å². The third kappa shape index (κ3) is 4.53. The molecule has 4 heteroatoms. The van der Waals surface area contributed by atoms with E-state index in [0.29, 0.717) is 12.1 Å². The number of anilines is 1. The van der Waals surface area contributed by atoms with Gasteiger partial charge in [0.05, 0.1) is 6.10 Å². The normalized spacial score (nSPS) is 13.7. The first kappa shape index (κ1) is 16.5. The van der Waals surface area contributed by atoms with Crippen molar-refractivity contribution in [1.82, 2.24) is 5.32 Å². The van der Waals surface area contributed by atoms with Crippen molar-refractivity contribution in [1.29, 1.82) is 0 Å². The highest BCUT2D eigenvalue weighted by atomic mass is 16.3. The zero-order valence-electron chi connectivity index (χ0n) is 12.9. The van der Waals surface area contributed by atoms with Gasteiger partial charge in [0.15, 0.2) is 0 Å². The van der Waals surface area contributed by atoms with Crippen molar-refractivity contribution in [2.24, 2.45) is 5.92 Å². The number of aliphatic hydroxyl groups excluding tert-OH is 1. The Hall–Kier alpha value is -1.55. The van der Waals surface area contributed by atoms with Gasteiger partial charge >= 0.3 is 0 Å². The highest BCUT2D eigenvalue weighted by Crippen LogP contribution is 2.13. The van der Waals surface area contributed by atoms with Crippen LogP contribution in [-0.4, -0.2) is 37.3 Å². The Morgan fingerprint density at radius 1 is 1.30 bits per heavy atom. The molecule has 20 heavy (non-hydrogen) atoms. The predicted octanol–water partition coefficient (Wildman–Crippen LogP) is 2.28. The number of amides is 1. The van der Waals surface area contributed by atoms with Crippen LogP contribution in [0.5, 0.6) is 0 Å². The van der Waals surface area contributed by atoms with Crippen LogP contribution in [0.2, 0.25) is 0 Å². The lowest BCUT2D eigenvalue weighted by molar-refractivity contribution is 0.0850. The van der Waals surface area contributed by atoms with E-state index < -0.39 is 6.10 Å². The van der Waals surface area contributed by atoms with Gasteiger partial charge in [0.2, 0.25) is 0 Å². The van der Waals surface area contributed by atoms with Gasteiger partial charge in [-0.05, 0) is 37.1 Å². The molecule has 0 aliphatic rings. The topological polar surface area (TPSA) is 52.6 Å². The van der Waals surface area contributed by atoms with Gasteiger partial charge in [-0.15, -0.1) is 0 Å². The van der Waals surface area contributed by atoms with Crippen molar-refractivity contribution in [3.63, 3.8) is 0 Å². The second-order valence-electron chi connectivity index (χ2n) is 5.22. The zero-order valence-corrected chi connectivity index (χ0v) is 12.9. The van der Waals surface area contributed by atoms with Crippen LogP contribution in [0.3, 0.4) is 0 Å². The van der Waals surface area contributed by atoms with Crippen LogP contribution < -0.4 is 10.2 Å². The summed E-state index contributed by atoms with van der Waals surface area (Å²) in [4.78, 5) is 14.1. The van der Waals surface area contributed by atoms with E-state index in [1.54, 1.807) is 0 Å². The van der Waals surface area contributed by atoms with Gasteiger partial charge in [-0.2, -0.15) is 0 Å². The monoisotopic (exact) mass is 278 g/mol. The van der Waals surface area contributed by atoms with Crippen molar-refractivity contribution in [2.75, 3.05) is 25.0 Å². The molecule has 0 aromatic heterocycles. The molecule has 0 aliphatic carbocycles. The van der Waals surface area contributed by atoms with Gasteiger partial charge in [0.25, 0.3) is 5.91 Å². The zero-order chi connectivity index (χ0) is 15.1. The minimum Gasteiger partial charge on any atom is -0.391 e. The third-order valence-electron chi connectivity index (χ3n) is 3.82. The molecule has 4 nitrogen and oxygen atoms in total. The lowest BCUT2D eigenvalue weighted by Crippen LogP contribution is -2.35. The number of hydrogen-bond donors (Lipinski definition) is 2. The predicted molar refractivity (Wildman–Crippen MR) is 83.2 cm³/mol. The van der Waals surface area contributed by atoms with Crippen molar-refractivity contribution in [3.8, 4) is 0 Å². The molecule has 0 radical (unpaired) electrons. The molecule has 1 amide bonds. The Labute approximate surface area is 121 Å². The largest absolute Gasteiger partial charge is 0.391 e. The van der Waals surface area contributed by atoms with E-state index in [9.17, 15) is 9.90 Å². The van der Waals surface area contributed by atoms with Gasteiger partial charge < -0.3 is 15.3 Å². The van der Waals surface area contributed by atoms with E-state index in [4.69, 9.17) is 0 Å². The van der Waals surface area contributed by atoms with Gasteiger partial charge in [0, 0.05) is 31.4 Å². The van der Waals surface area contributed by atoms with E-state index >= 15 is 0 Å². The summed E-state index contributed by atoms with van der Waals surface area (Å²) in [5.74, 6) is 0.0499. The average Bonchev–Trinajstić information content (AvgIpc) is 2.50. The molecule has 112 valence electrons.